The number of methoxy groups -OCH3 is 1. The lowest BCUT2D eigenvalue weighted by atomic mass is 10.00. The standard InChI is InChI=1S/C38H35ClN2O5/c1-45-36-17-8-5-12-29(36)26-41(31-14-9-13-30(39)25-31)22-23-46-32-20-18-27(19-21-32)24-35(38(43)44)40-34-16-7-6-15-33(34)37(42)28-10-3-2-4-11-28/h2-21,25,35,40H,22-24,26H2,1H3,(H,43,44). The van der Waals surface area contributed by atoms with Crippen LogP contribution < -0.4 is 19.7 Å². The van der Waals surface area contributed by atoms with E-state index in [1.54, 1.807) is 55.6 Å². The number of ketones is 1. The van der Waals surface area contributed by atoms with Crippen LogP contribution in [0.4, 0.5) is 11.4 Å². The first-order chi connectivity index (χ1) is 22.4. The second-order valence-electron chi connectivity index (χ2n) is 10.7. The van der Waals surface area contributed by atoms with Crippen molar-refractivity contribution in [3.63, 3.8) is 0 Å². The summed E-state index contributed by atoms with van der Waals surface area (Å²) in [5.41, 5.74) is 4.26. The molecular formula is C38H35ClN2O5. The van der Waals surface area contributed by atoms with E-state index in [-0.39, 0.29) is 12.2 Å². The van der Waals surface area contributed by atoms with Crippen LogP contribution in [0.25, 0.3) is 0 Å². The minimum Gasteiger partial charge on any atom is -0.496 e. The fourth-order valence-corrected chi connectivity index (χ4v) is 5.37. The Morgan fingerprint density at radius 1 is 0.848 bits per heavy atom. The normalized spacial score (nSPS) is 11.3. The molecule has 0 fully saturated rings. The monoisotopic (exact) mass is 634 g/mol. The molecule has 5 rings (SSSR count). The highest BCUT2D eigenvalue weighted by molar-refractivity contribution is 6.30. The lowest BCUT2D eigenvalue weighted by molar-refractivity contribution is -0.137. The van der Waals surface area contributed by atoms with Crippen LogP contribution in [0.2, 0.25) is 5.02 Å². The number of carboxylic acid groups (broad SMARTS) is 1. The van der Waals surface area contributed by atoms with Gasteiger partial charge in [-0.05, 0) is 54.1 Å². The lowest BCUT2D eigenvalue weighted by Gasteiger charge is -2.26. The number of hydrogen-bond donors (Lipinski definition) is 2. The number of nitrogens with one attached hydrogen (secondary N) is 1. The zero-order chi connectivity index (χ0) is 32.3. The van der Waals surface area contributed by atoms with Crippen LogP contribution in [0, 0.1) is 0 Å². The highest BCUT2D eigenvalue weighted by atomic mass is 35.5. The third-order valence-corrected chi connectivity index (χ3v) is 7.79. The van der Waals surface area contributed by atoms with Gasteiger partial charge in [-0.2, -0.15) is 0 Å². The van der Waals surface area contributed by atoms with Crippen molar-refractivity contribution in [2.24, 2.45) is 0 Å². The molecule has 1 atom stereocenters. The number of halogens is 1. The zero-order valence-electron chi connectivity index (χ0n) is 25.4. The molecule has 7 nitrogen and oxygen atoms in total. The van der Waals surface area contributed by atoms with Gasteiger partial charge in [0.25, 0.3) is 0 Å². The van der Waals surface area contributed by atoms with E-state index < -0.39 is 12.0 Å². The van der Waals surface area contributed by atoms with Crippen molar-refractivity contribution in [2.75, 3.05) is 30.5 Å². The summed E-state index contributed by atoms with van der Waals surface area (Å²) in [6.07, 6.45) is 0.213. The maximum Gasteiger partial charge on any atom is 0.326 e. The molecule has 8 heteroatoms. The molecule has 2 N–H and O–H groups in total. The van der Waals surface area contributed by atoms with Crippen LogP contribution in [0.15, 0.2) is 127 Å². The topological polar surface area (TPSA) is 88.1 Å². The molecule has 0 aromatic heterocycles. The molecule has 234 valence electrons. The first-order valence-corrected chi connectivity index (χ1v) is 15.3. The number of anilines is 2. The minimum atomic E-state index is -1.02. The Kier molecular flexibility index (Phi) is 10.9. The fourth-order valence-electron chi connectivity index (χ4n) is 5.18. The van der Waals surface area contributed by atoms with Crippen LogP contribution >= 0.6 is 11.6 Å². The number of carboxylic acids is 1. The SMILES string of the molecule is COc1ccccc1CN(CCOc1ccc(CC(Nc2ccccc2C(=O)c2ccccc2)C(=O)O)cc1)c1cccc(Cl)c1. The van der Waals surface area contributed by atoms with Gasteiger partial charge in [-0.25, -0.2) is 4.79 Å². The van der Waals surface area contributed by atoms with Gasteiger partial charge in [-0.3, -0.25) is 4.79 Å². The van der Waals surface area contributed by atoms with Crippen LogP contribution in [0.5, 0.6) is 11.5 Å². The van der Waals surface area contributed by atoms with E-state index >= 15 is 0 Å². The number of carbonyl (C=O) groups excluding carboxylic acids is 1. The Morgan fingerprint density at radius 3 is 2.30 bits per heavy atom. The number of rotatable bonds is 15. The summed E-state index contributed by atoms with van der Waals surface area (Å²) in [6, 6.07) is 38.0. The Bertz CT molecular complexity index is 1760. The van der Waals surface area contributed by atoms with E-state index in [1.165, 1.54) is 0 Å². The maximum absolute atomic E-state index is 13.1. The highest BCUT2D eigenvalue weighted by Crippen LogP contribution is 2.26. The van der Waals surface area contributed by atoms with E-state index in [9.17, 15) is 14.7 Å². The third-order valence-electron chi connectivity index (χ3n) is 7.56. The fraction of sp³-hybridized carbons (Fsp3) is 0.158. The predicted octanol–water partition coefficient (Wildman–Crippen LogP) is 7.77. The van der Waals surface area contributed by atoms with E-state index in [0.717, 1.165) is 22.6 Å². The molecule has 0 aliphatic heterocycles. The summed E-state index contributed by atoms with van der Waals surface area (Å²) in [5.74, 6) is 0.293. The van der Waals surface area contributed by atoms with Crippen LogP contribution in [-0.4, -0.2) is 43.2 Å². The summed E-state index contributed by atoms with van der Waals surface area (Å²) in [6.45, 7) is 1.61. The van der Waals surface area contributed by atoms with Gasteiger partial charge in [-0.1, -0.05) is 90.5 Å². The molecule has 0 radical (unpaired) electrons. The van der Waals surface area contributed by atoms with Gasteiger partial charge in [0.2, 0.25) is 0 Å². The Labute approximate surface area is 274 Å². The van der Waals surface area contributed by atoms with Crippen molar-refractivity contribution in [3.8, 4) is 11.5 Å². The second kappa shape index (κ2) is 15.6. The van der Waals surface area contributed by atoms with Crippen LogP contribution in [0.3, 0.4) is 0 Å². The summed E-state index contributed by atoms with van der Waals surface area (Å²) < 4.78 is 11.7. The number of ether oxygens (including phenoxy) is 2. The molecule has 0 saturated heterocycles. The average Bonchev–Trinajstić information content (AvgIpc) is 3.08. The Morgan fingerprint density at radius 2 is 1.57 bits per heavy atom. The van der Waals surface area contributed by atoms with Gasteiger partial charge in [0, 0.05) is 46.1 Å². The first-order valence-electron chi connectivity index (χ1n) is 14.9. The number of hydrogen-bond acceptors (Lipinski definition) is 6. The van der Waals surface area contributed by atoms with Gasteiger partial charge in [0.1, 0.15) is 24.1 Å². The molecule has 0 bridgehead atoms. The predicted molar refractivity (Wildman–Crippen MR) is 182 cm³/mol. The van der Waals surface area contributed by atoms with Crippen molar-refractivity contribution < 1.29 is 24.2 Å². The molecule has 0 amide bonds. The smallest absolute Gasteiger partial charge is 0.326 e. The van der Waals surface area contributed by atoms with E-state index in [2.05, 4.69) is 10.2 Å². The summed E-state index contributed by atoms with van der Waals surface area (Å²) in [4.78, 5) is 27.6. The lowest BCUT2D eigenvalue weighted by Crippen LogP contribution is -2.32. The summed E-state index contributed by atoms with van der Waals surface area (Å²) >= 11 is 6.30. The van der Waals surface area contributed by atoms with Crippen LogP contribution in [0.1, 0.15) is 27.0 Å². The van der Waals surface area contributed by atoms with E-state index in [1.807, 2.05) is 78.9 Å². The molecule has 46 heavy (non-hydrogen) atoms. The maximum atomic E-state index is 13.1. The van der Waals surface area contributed by atoms with Crippen molar-refractivity contribution in [2.45, 2.75) is 19.0 Å². The molecule has 0 saturated carbocycles. The highest BCUT2D eigenvalue weighted by Gasteiger charge is 2.21. The average molecular weight is 635 g/mol. The molecule has 1 unspecified atom stereocenters. The first kappa shape index (κ1) is 32.1. The number of benzene rings is 5. The van der Waals surface area contributed by atoms with Gasteiger partial charge in [0.15, 0.2) is 5.78 Å². The molecule has 0 spiro atoms. The van der Waals surface area contributed by atoms with Gasteiger partial charge < -0.3 is 24.8 Å². The van der Waals surface area contributed by atoms with Crippen molar-refractivity contribution in [3.05, 3.63) is 155 Å². The zero-order valence-corrected chi connectivity index (χ0v) is 26.2. The van der Waals surface area contributed by atoms with Gasteiger partial charge >= 0.3 is 5.97 Å². The summed E-state index contributed by atoms with van der Waals surface area (Å²) in [5, 5.41) is 13.8. The number of carbonyl (C=O) groups is 2. The number of nitrogens with zero attached hydrogens (tertiary/aromatic N) is 1. The van der Waals surface area contributed by atoms with Gasteiger partial charge in [-0.15, -0.1) is 0 Å². The van der Waals surface area contributed by atoms with E-state index in [0.29, 0.717) is 47.3 Å². The Hall–Kier alpha value is -5.27. The molecule has 0 heterocycles. The molecule has 5 aromatic carbocycles. The molecule has 0 aliphatic rings. The minimum absolute atomic E-state index is 0.175. The number of aliphatic carboxylic acids is 1. The van der Waals surface area contributed by atoms with Gasteiger partial charge in [0.05, 0.1) is 13.7 Å². The quantitative estimate of drug-likeness (QED) is 0.114. The number of para-hydroxylation sites is 2. The van der Waals surface area contributed by atoms with Crippen molar-refractivity contribution in [1.82, 2.24) is 0 Å². The summed E-state index contributed by atoms with van der Waals surface area (Å²) in [7, 11) is 1.66. The molecule has 0 aliphatic carbocycles. The van der Waals surface area contributed by atoms with E-state index in [4.69, 9.17) is 21.1 Å². The largest absolute Gasteiger partial charge is 0.496 e. The molecular weight excluding hydrogens is 600 g/mol. The second-order valence-corrected chi connectivity index (χ2v) is 11.1. The Balaban J connectivity index is 1.22. The van der Waals surface area contributed by atoms with Crippen molar-refractivity contribution in [1.29, 1.82) is 0 Å². The third kappa shape index (κ3) is 8.46. The molecule has 5 aromatic rings. The van der Waals surface area contributed by atoms with Crippen LogP contribution in [-0.2, 0) is 17.8 Å². The van der Waals surface area contributed by atoms with Crippen molar-refractivity contribution >= 4 is 34.7 Å².